The molecule has 1 heterocycles. The number of nitrogens with zero attached hydrogens (tertiary/aromatic N) is 1. The lowest BCUT2D eigenvalue weighted by molar-refractivity contribution is 0.0740. The van der Waals surface area contributed by atoms with Gasteiger partial charge < -0.3 is 15.0 Å². The molecule has 3 nitrogen and oxygen atoms in total. The molecule has 1 rings (SSSR count). The standard InChI is InChI=1S/C13H28N2O/c1-12(2)11-16-9-8-15-6-4-13(5-7-15)10-14-3/h12-14H,4-11H2,1-3H3. The van der Waals surface area contributed by atoms with Gasteiger partial charge in [0, 0.05) is 13.2 Å². The maximum absolute atomic E-state index is 5.62. The van der Waals surface area contributed by atoms with Gasteiger partial charge in [-0.05, 0) is 51.4 Å². The Hall–Kier alpha value is -0.120. The number of piperidine rings is 1. The molecule has 1 aliphatic heterocycles. The topological polar surface area (TPSA) is 24.5 Å². The van der Waals surface area contributed by atoms with Gasteiger partial charge in [0.2, 0.25) is 0 Å². The summed E-state index contributed by atoms with van der Waals surface area (Å²) in [6, 6.07) is 0. The fourth-order valence-corrected chi connectivity index (χ4v) is 2.22. The minimum Gasteiger partial charge on any atom is -0.380 e. The molecule has 1 N–H and O–H groups in total. The van der Waals surface area contributed by atoms with Gasteiger partial charge in [0.1, 0.15) is 0 Å². The largest absolute Gasteiger partial charge is 0.380 e. The first-order chi connectivity index (χ1) is 7.72. The first kappa shape index (κ1) is 13.9. The van der Waals surface area contributed by atoms with Crippen LogP contribution in [0.4, 0.5) is 0 Å². The Morgan fingerprint density at radius 3 is 2.56 bits per heavy atom. The lowest BCUT2D eigenvalue weighted by Crippen LogP contribution is -2.38. The second kappa shape index (κ2) is 8.04. The highest BCUT2D eigenvalue weighted by Crippen LogP contribution is 2.15. The molecular weight excluding hydrogens is 200 g/mol. The first-order valence-electron chi connectivity index (χ1n) is 6.67. The zero-order valence-electron chi connectivity index (χ0n) is 11.2. The third kappa shape index (κ3) is 5.83. The Morgan fingerprint density at radius 1 is 1.31 bits per heavy atom. The molecule has 0 aliphatic carbocycles. The second-order valence-corrected chi connectivity index (χ2v) is 5.31. The average molecular weight is 228 g/mol. The summed E-state index contributed by atoms with van der Waals surface area (Å²) in [4.78, 5) is 2.53. The van der Waals surface area contributed by atoms with Crippen LogP contribution in [0.3, 0.4) is 0 Å². The van der Waals surface area contributed by atoms with Crippen molar-refractivity contribution in [3.63, 3.8) is 0 Å². The van der Waals surface area contributed by atoms with Crippen LogP contribution in [0.1, 0.15) is 26.7 Å². The highest BCUT2D eigenvalue weighted by atomic mass is 16.5. The molecule has 1 fully saturated rings. The molecule has 0 saturated carbocycles. The molecule has 0 aromatic carbocycles. The van der Waals surface area contributed by atoms with E-state index in [0.29, 0.717) is 5.92 Å². The van der Waals surface area contributed by atoms with Gasteiger partial charge in [0.05, 0.1) is 6.61 Å². The van der Waals surface area contributed by atoms with Gasteiger partial charge in [-0.15, -0.1) is 0 Å². The monoisotopic (exact) mass is 228 g/mol. The van der Waals surface area contributed by atoms with Crippen LogP contribution >= 0.6 is 0 Å². The molecule has 0 amide bonds. The maximum atomic E-state index is 5.62. The van der Waals surface area contributed by atoms with Crippen molar-refractivity contribution in [3.8, 4) is 0 Å². The minimum absolute atomic E-state index is 0.654. The number of likely N-dealkylation sites (tertiary alicyclic amines) is 1. The summed E-state index contributed by atoms with van der Waals surface area (Å²) in [5.74, 6) is 1.54. The number of hydrogen-bond donors (Lipinski definition) is 1. The van der Waals surface area contributed by atoms with E-state index in [1.54, 1.807) is 0 Å². The molecule has 96 valence electrons. The Morgan fingerprint density at radius 2 is 2.00 bits per heavy atom. The van der Waals surface area contributed by atoms with E-state index >= 15 is 0 Å². The molecule has 1 aliphatic rings. The van der Waals surface area contributed by atoms with Crippen molar-refractivity contribution >= 4 is 0 Å². The second-order valence-electron chi connectivity index (χ2n) is 5.31. The Labute approximate surface area is 101 Å². The van der Waals surface area contributed by atoms with Crippen molar-refractivity contribution in [3.05, 3.63) is 0 Å². The van der Waals surface area contributed by atoms with Crippen LogP contribution in [-0.4, -0.2) is 51.3 Å². The van der Waals surface area contributed by atoms with Gasteiger partial charge in [-0.1, -0.05) is 13.8 Å². The lowest BCUT2D eigenvalue weighted by Gasteiger charge is -2.31. The SMILES string of the molecule is CNCC1CCN(CCOCC(C)C)CC1. The fourth-order valence-electron chi connectivity index (χ4n) is 2.22. The molecule has 0 aromatic rings. The third-order valence-corrected chi connectivity index (χ3v) is 3.20. The van der Waals surface area contributed by atoms with E-state index in [0.717, 1.165) is 25.7 Å². The summed E-state index contributed by atoms with van der Waals surface area (Å²) in [5, 5.41) is 3.27. The predicted octanol–water partition coefficient (Wildman–Crippen LogP) is 1.59. The van der Waals surface area contributed by atoms with Gasteiger partial charge in [-0.2, -0.15) is 0 Å². The molecular formula is C13H28N2O. The van der Waals surface area contributed by atoms with E-state index in [1.165, 1.54) is 32.5 Å². The number of ether oxygens (including phenoxy) is 1. The molecule has 0 radical (unpaired) electrons. The van der Waals surface area contributed by atoms with Crippen LogP contribution in [0.2, 0.25) is 0 Å². The van der Waals surface area contributed by atoms with E-state index in [2.05, 4.69) is 24.1 Å². The zero-order valence-corrected chi connectivity index (χ0v) is 11.2. The Kier molecular flexibility index (Phi) is 7.01. The normalized spacial score (nSPS) is 19.5. The molecule has 0 atom stereocenters. The highest BCUT2D eigenvalue weighted by Gasteiger charge is 2.17. The average Bonchev–Trinajstić information content (AvgIpc) is 2.27. The van der Waals surface area contributed by atoms with E-state index in [1.807, 2.05) is 7.05 Å². The minimum atomic E-state index is 0.654. The number of hydrogen-bond acceptors (Lipinski definition) is 3. The quantitative estimate of drug-likeness (QED) is 0.670. The Bertz CT molecular complexity index is 165. The molecule has 0 bridgehead atoms. The fraction of sp³-hybridized carbons (Fsp3) is 1.00. The molecule has 16 heavy (non-hydrogen) atoms. The predicted molar refractivity (Wildman–Crippen MR) is 68.7 cm³/mol. The van der Waals surface area contributed by atoms with Crippen LogP contribution in [0, 0.1) is 11.8 Å². The third-order valence-electron chi connectivity index (χ3n) is 3.20. The summed E-state index contributed by atoms with van der Waals surface area (Å²) in [6.07, 6.45) is 2.68. The molecule has 0 unspecified atom stereocenters. The van der Waals surface area contributed by atoms with E-state index in [4.69, 9.17) is 4.74 Å². The van der Waals surface area contributed by atoms with Crippen LogP contribution < -0.4 is 5.32 Å². The summed E-state index contributed by atoms with van der Waals surface area (Å²) < 4.78 is 5.62. The smallest absolute Gasteiger partial charge is 0.0593 e. The summed E-state index contributed by atoms with van der Waals surface area (Å²) in [7, 11) is 2.05. The zero-order chi connectivity index (χ0) is 11.8. The van der Waals surface area contributed by atoms with Crippen molar-refractivity contribution in [2.45, 2.75) is 26.7 Å². The number of rotatable bonds is 7. The van der Waals surface area contributed by atoms with Crippen LogP contribution in [0.25, 0.3) is 0 Å². The lowest BCUT2D eigenvalue weighted by atomic mass is 9.97. The van der Waals surface area contributed by atoms with Gasteiger partial charge in [0.15, 0.2) is 0 Å². The first-order valence-corrected chi connectivity index (χ1v) is 6.67. The van der Waals surface area contributed by atoms with Gasteiger partial charge in [0.25, 0.3) is 0 Å². The highest BCUT2D eigenvalue weighted by molar-refractivity contribution is 4.73. The Balaban J connectivity index is 1.99. The maximum Gasteiger partial charge on any atom is 0.0593 e. The summed E-state index contributed by atoms with van der Waals surface area (Å²) in [5.41, 5.74) is 0. The summed E-state index contributed by atoms with van der Waals surface area (Å²) >= 11 is 0. The number of nitrogens with one attached hydrogen (secondary N) is 1. The van der Waals surface area contributed by atoms with Crippen molar-refractivity contribution in [2.24, 2.45) is 11.8 Å². The molecule has 3 heteroatoms. The molecule has 0 spiro atoms. The van der Waals surface area contributed by atoms with Crippen LogP contribution in [0.15, 0.2) is 0 Å². The van der Waals surface area contributed by atoms with Crippen molar-refractivity contribution in [2.75, 3.05) is 46.4 Å². The summed E-state index contributed by atoms with van der Waals surface area (Å²) in [6.45, 7) is 11.0. The van der Waals surface area contributed by atoms with E-state index in [9.17, 15) is 0 Å². The van der Waals surface area contributed by atoms with Crippen LogP contribution in [0.5, 0.6) is 0 Å². The van der Waals surface area contributed by atoms with Crippen molar-refractivity contribution in [1.29, 1.82) is 0 Å². The molecule has 0 aromatic heterocycles. The van der Waals surface area contributed by atoms with Crippen molar-refractivity contribution in [1.82, 2.24) is 10.2 Å². The molecule has 1 saturated heterocycles. The van der Waals surface area contributed by atoms with Gasteiger partial charge in [-0.3, -0.25) is 0 Å². The van der Waals surface area contributed by atoms with E-state index < -0.39 is 0 Å². The van der Waals surface area contributed by atoms with Gasteiger partial charge >= 0.3 is 0 Å². The van der Waals surface area contributed by atoms with E-state index in [-0.39, 0.29) is 0 Å². The van der Waals surface area contributed by atoms with Crippen molar-refractivity contribution < 1.29 is 4.74 Å². The van der Waals surface area contributed by atoms with Crippen LogP contribution in [-0.2, 0) is 4.74 Å². The van der Waals surface area contributed by atoms with Gasteiger partial charge in [-0.25, -0.2) is 0 Å².